The SMILES string of the molecule is CCC(C)C1NC(=O)C(C)N(Cc2ccncc2)C1=O. The van der Waals surface area contributed by atoms with Crippen molar-refractivity contribution in [3.05, 3.63) is 30.1 Å². The first-order chi connectivity index (χ1) is 9.54. The first kappa shape index (κ1) is 14.5. The predicted octanol–water partition coefficient (Wildman–Crippen LogP) is 1.34. The molecule has 1 aromatic rings. The van der Waals surface area contributed by atoms with Crippen LogP contribution in [0.1, 0.15) is 32.8 Å². The number of pyridine rings is 1. The average Bonchev–Trinajstić information content (AvgIpc) is 2.47. The summed E-state index contributed by atoms with van der Waals surface area (Å²) in [7, 11) is 0. The molecule has 2 rings (SSSR count). The lowest BCUT2D eigenvalue weighted by Gasteiger charge is -2.39. The van der Waals surface area contributed by atoms with Crippen molar-refractivity contribution < 1.29 is 9.59 Å². The van der Waals surface area contributed by atoms with Crippen LogP contribution >= 0.6 is 0 Å². The van der Waals surface area contributed by atoms with Crippen LogP contribution in [0.5, 0.6) is 0 Å². The molecule has 20 heavy (non-hydrogen) atoms. The number of amides is 2. The molecule has 0 aromatic carbocycles. The average molecular weight is 275 g/mol. The Morgan fingerprint density at radius 3 is 2.60 bits per heavy atom. The molecule has 3 atom stereocenters. The number of piperazine rings is 1. The maximum absolute atomic E-state index is 12.6. The summed E-state index contributed by atoms with van der Waals surface area (Å²) in [4.78, 5) is 30.3. The van der Waals surface area contributed by atoms with Gasteiger partial charge in [-0.2, -0.15) is 0 Å². The van der Waals surface area contributed by atoms with Crippen LogP contribution < -0.4 is 5.32 Å². The minimum absolute atomic E-state index is 0.00302. The summed E-state index contributed by atoms with van der Waals surface area (Å²) >= 11 is 0. The van der Waals surface area contributed by atoms with Crippen LogP contribution in [0.2, 0.25) is 0 Å². The number of carbonyl (C=O) groups is 2. The van der Waals surface area contributed by atoms with E-state index in [0.717, 1.165) is 12.0 Å². The van der Waals surface area contributed by atoms with Crippen molar-refractivity contribution >= 4 is 11.8 Å². The molecule has 5 nitrogen and oxygen atoms in total. The third kappa shape index (κ3) is 2.81. The number of rotatable bonds is 4. The van der Waals surface area contributed by atoms with E-state index in [9.17, 15) is 9.59 Å². The Morgan fingerprint density at radius 1 is 1.35 bits per heavy atom. The second-order valence-electron chi connectivity index (χ2n) is 5.37. The number of carbonyl (C=O) groups excluding carboxylic acids is 2. The molecule has 2 amide bonds. The minimum atomic E-state index is -0.434. The maximum Gasteiger partial charge on any atom is 0.246 e. The summed E-state index contributed by atoms with van der Waals surface area (Å²) < 4.78 is 0. The molecule has 0 aliphatic carbocycles. The van der Waals surface area contributed by atoms with Crippen molar-refractivity contribution in [3.8, 4) is 0 Å². The van der Waals surface area contributed by atoms with E-state index in [1.165, 1.54) is 0 Å². The Morgan fingerprint density at radius 2 is 2.00 bits per heavy atom. The van der Waals surface area contributed by atoms with Crippen molar-refractivity contribution in [1.29, 1.82) is 0 Å². The second-order valence-corrected chi connectivity index (χ2v) is 5.37. The van der Waals surface area contributed by atoms with Crippen molar-refractivity contribution in [2.75, 3.05) is 0 Å². The number of nitrogens with zero attached hydrogens (tertiary/aromatic N) is 2. The molecule has 1 aliphatic rings. The minimum Gasteiger partial charge on any atom is -0.342 e. The van der Waals surface area contributed by atoms with Crippen LogP contribution in [-0.2, 0) is 16.1 Å². The van der Waals surface area contributed by atoms with Crippen LogP contribution in [0, 0.1) is 5.92 Å². The van der Waals surface area contributed by atoms with E-state index in [-0.39, 0.29) is 17.7 Å². The van der Waals surface area contributed by atoms with Crippen LogP contribution in [0.3, 0.4) is 0 Å². The van der Waals surface area contributed by atoms with Gasteiger partial charge in [0.15, 0.2) is 0 Å². The molecular weight excluding hydrogens is 254 g/mol. The lowest BCUT2D eigenvalue weighted by atomic mass is 9.94. The molecular formula is C15H21N3O2. The predicted molar refractivity (Wildman–Crippen MR) is 75.6 cm³/mol. The standard InChI is InChI=1S/C15H21N3O2/c1-4-10(2)13-15(20)18(11(3)14(19)17-13)9-12-5-7-16-8-6-12/h5-8,10-11,13H,4,9H2,1-3H3,(H,17,19). The highest BCUT2D eigenvalue weighted by Crippen LogP contribution is 2.19. The van der Waals surface area contributed by atoms with Gasteiger partial charge in [-0.25, -0.2) is 0 Å². The van der Waals surface area contributed by atoms with Gasteiger partial charge in [0, 0.05) is 18.9 Å². The largest absolute Gasteiger partial charge is 0.342 e. The first-order valence-corrected chi connectivity index (χ1v) is 7.04. The lowest BCUT2D eigenvalue weighted by Crippen LogP contribution is -2.63. The molecule has 0 radical (unpaired) electrons. The smallest absolute Gasteiger partial charge is 0.246 e. The van der Waals surface area contributed by atoms with Gasteiger partial charge in [0.05, 0.1) is 0 Å². The quantitative estimate of drug-likeness (QED) is 0.902. The maximum atomic E-state index is 12.6. The monoisotopic (exact) mass is 275 g/mol. The van der Waals surface area contributed by atoms with Crippen LogP contribution in [-0.4, -0.2) is 33.8 Å². The summed E-state index contributed by atoms with van der Waals surface area (Å²) in [5.41, 5.74) is 0.984. The Hall–Kier alpha value is -1.91. The highest BCUT2D eigenvalue weighted by molar-refractivity contribution is 5.96. The van der Waals surface area contributed by atoms with Crippen molar-refractivity contribution in [2.45, 2.75) is 45.8 Å². The summed E-state index contributed by atoms with van der Waals surface area (Å²) in [6, 6.07) is 2.89. The summed E-state index contributed by atoms with van der Waals surface area (Å²) in [5.74, 6) is 0.0612. The van der Waals surface area contributed by atoms with Crippen LogP contribution in [0.15, 0.2) is 24.5 Å². The van der Waals surface area contributed by atoms with E-state index in [4.69, 9.17) is 0 Å². The summed E-state index contributed by atoms with van der Waals surface area (Å²) in [6.45, 7) is 6.23. The van der Waals surface area contributed by atoms with Gasteiger partial charge in [-0.3, -0.25) is 14.6 Å². The third-order valence-corrected chi connectivity index (χ3v) is 4.01. The van der Waals surface area contributed by atoms with Crippen molar-refractivity contribution in [3.63, 3.8) is 0 Å². The van der Waals surface area contributed by atoms with Gasteiger partial charge in [0.2, 0.25) is 11.8 Å². The molecule has 5 heteroatoms. The van der Waals surface area contributed by atoms with E-state index in [0.29, 0.717) is 6.54 Å². The molecule has 2 heterocycles. The van der Waals surface area contributed by atoms with Gasteiger partial charge in [0.25, 0.3) is 0 Å². The van der Waals surface area contributed by atoms with Gasteiger partial charge in [0.1, 0.15) is 12.1 Å². The van der Waals surface area contributed by atoms with E-state index < -0.39 is 12.1 Å². The summed E-state index contributed by atoms with van der Waals surface area (Å²) in [5, 5.41) is 2.84. The zero-order valence-corrected chi connectivity index (χ0v) is 12.2. The molecule has 0 saturated carbocycles. The van der Waals surface area contributed by atoms with E-state index >= 15 is 0 Å². The molecule has 3 unspecified atom stereocenters. The molecule has 0 bridgehead atoms. The van der Waals surface area contributed by atoms with Gasteiger partial charge < -0.3 is 10.2 Å². The Labute approximate surface area is 119 Å². The van der Waals surface area contributed by atoms with E-state index in [2.05, 4.69) is 10.3 Å². The number of aromatic nitrogens is 1. The zero-order valence-electron chi connectivity index (χ0n) is 12.2. The normalized spacial score (nSPS) is 24.4. The zero-order chi connectivity index (χ0) is 14.7. The molecule has 1 saturated heterocycles. The Bertz CT molecular complexity index is 489. The fourth-order valence-electron chi connectivity index (χ4n) is 2.37. The molecule has 1 fully saturated rings. The van der Waals surface area contributed by atoms with Crippen molar-refractivity contribution in [1.82, 2.24) is 15.2 Å². The van der Waals surface area contributed by atoms with Gasteiger partial charge in [-0.15, -0.1) is 0 Å². The second kappa shape index (κ2) is 6.03. The fraction of sp³-hybridized carbons (Fsp3) is 0.533. The third-order valence-electron chi connectivity index (χ3n) is 4.01. The topological polar surface area (TPSA) is 62.3 Å². The molecule has 108 valence electrons. The molecule has 0 spiro atoms. The molecule has 1 aliphatic heterocycles. The molecule has 1 N–H and O–H groups in total. The lowest BCUT2D eigenvalue weighted by molar-refractivity contribution is -0.150. The summed E-state index contributed by atoms with van der Waals surface area (Å²) in [6.07, 6.45) is 4.25. The van der Waals surface area contributed by atoms with Crippen LogP contribution in [0.4, 0.5) is 0 Å². The van der Waals surface area contributed by atoms with E-state index in [1.807, 2.05) is 26.0 Å². The van der Waals surface area contributed by atoms with Crippen molar-refractivity contribution in [2.24, 2.45) is 5.92 Å². The number of hydrogen-bond donors (Lipinski definition) is 1. The fourth-order valence-corrected chi connectivity index (χ4v) is 2.37. The van der Waals surface area contributed by atoms with Gasteiger partial charge in [-0.1, -0.05) is 20.3 Å². The highest BCUT2D eigenvalue weighted by Gasteiger charge is 2.39. The Kier molecular flexibility index (Phi) is 4.37. The van der Waals surface area contributed by atoms with Gasteiger partial charge in [-0.05, 0) is 30.5 Å². The van der Waals surface area contributed by atoms with E-state index in [1.54, 1.807) is 24.2 Å². The van der Waals surface area contributed by atoms with Gasteiger partial charge >= 0.3 is 0 Å². The number of hydrogen-bond acceptors (Lipinski definition) is 3. The first-order valence-electron chi connectivity index (χ1n) is 7.04. The Balaban J connectivity index is 2.20. The molecule has 1 aromatic heterocycles. The van der Waals surface area contributed by atoms with Crippen LogP contribution in [0.25, 0.3) is 0 Å². The highest BCUT2D eigenvalue weighted by atomic mass is 16.2. The number of nitrogens with one attached hydrogen (secondary N) is 1.